The zero-order valence-electron chi connectivity index (χ0n) is 12.4. The van der Waals surface area contributed by atoms with E-state index in [1.807, 2.05) is 45.0 Å². The molecule has 20 heavy (non-hydrogen) atoms. The quantitative estimate of drug-likeness (QED) is 0.930. The standard InChI is InChI=1S/C16H20N2O2/c1-10(2)14-11(3)17-15(18-16(14)19)13-8-6-5-7-12(13)9-20-4/h5-8,10H,9H2,1-4H3,(H,17,18,19). The zero-order valence-corrected chi connectivity index (χ0v) is 12.4. The van der Waals surface area contributed by atoms with Gasteiger partial charge in [0, 0.05) is 23.9 Å². The molecule has 0 saturated carbocycles. The lowest BCUT2D eigenvalue weighted by atomic mass is 10.0. The van der Waals surface area contributed by atoms with Crippen LogP contribution in [0.4, 0.5) is 0 Å². The number of benzene rings is 1. The van der Waals surface area contributed by atoms with Gasteiger partial charge in [-0.25, -0.2) is 4.98 Å². The Morgan fingerprint density at radius 3 is 2.60 bits per heavy atom. The monoisotopic (exact) mass is 272 g/mol. The van der Waals surface area contributed by atoms with Crippen LogP contribution in [-0.2, 0) is 11.3 Å². The molecule has 2 rings (SSSR count). The molecule has 0 aliphatic carbocycles. The number of aryl methyl sites for hydroxylation is 1. The molecule has 106 valence electrons. The van der Waals surface area contributed by atoms with E-state index >= 15 is 0 Å². The molecule has 1 heterocycles. The summed E-state index contributed by atoms with van der Waals surface area (Å²) in [5.41, 5.74) is 3.39. The van der Waals surface area contributed by atoms with Crippen LogP contribution in [0.25, 0.3) is 11.4 Å². The van der Waals surface area contributed by atoms with Crippen molar-refractivity contribution < 1.29 is 4.74 Å². The molecular weight excluding hydrogens is 252 g/mol. The molecule has 4 heteroatoms. The highest BCUT2D eigenvalue weighted by Crippen LogP contribution is 2.22. The Bertz CT molecular complexity index is 660. The van der Waals surface area contributed by atoms with Crippen LogP contribution >= 0.6 is 0 Å². The van der Waals surface area contributed by atoms with E-state index in [0.29, 0.717) is 12.4 Å². The third kappa shape index (κ3) is 2.80. The fraction of sp³-hybridized carbons (Fsp3) is 0.375. The van der Waals surface area contributed by atoms with Gasteiger partial charge in [0.25, 0.3) is 5.56 Å². The van der Waals surface area contributed by atoms with E-state index in [1.54, 1.807) is 7.11 Å². The lowest BCUT2D eigenvalue weighted by Gasteiger charge is -2.12. The Morgan fingerprint density at radius 1 is 1.30 bits per heavy atom. The summed E-state index contributed by atoms with van der Waals surface area (Å²) in [5, 5.41) is 0. The summed E-state index contributed by atoms with van der Waals surface area (Å²) in [5.74, 6) is 0.763. The topological polar surface area (TPSA) is 55.0 Å². The van der Waals surface area contributed by atoms with Crippen molar-refractivity contribution in [2.45, 2.75) is 33.3 Å². The summed E-state index contributed by atoms with van der Waals surface area (Å²) in [7, 11) is 1.65. The molecule has 0 spiro atoms. The minimum absolute atomic E-state index is 0.0604. The number of rotatable bonds is 4. The molecule has 1 aromatic carbocycles. The van der Waals surface area contributed by atoms with Crippen LogP contribution in [0.3, 0.4) is 0 Å². The molecule has 0 atom stereocenters. The normalized spacial score (nSPS) is 11.1. The smallest absolute Gasteiger partial charge is 0.254 e. The minimum atomic E-state index is -0.0604. The molecule has 4 nitrogen and oxygen atoms in total. The molecule has 0 unspecified atom stereocenters. The first kappa shape index (κ1) is 14.5. The van der Waals surface area contributed by atoms with E-state index in [9.17, 15) is 4.79 Å². The Labute approximate surface area is 118 Å². The van der Waals surface area contributed by atoms with Gasteiger partial charge < -0.3 is 9.72 Å². The van der Waals surface area contributed by atoms with E-state index < -0.39 is 0 Å². The minimum Gasteiger partial charge on any atom is -0.380 e. The van der Waals surface area contributed by atoms with E-state index in [4.69, 9.17) is 4.74 Å². The van der Waals surface area contributed by atoms with Crippen molar-refractivity contribution in [2.75, 3.05) is 7.11 Å². The maximum atomic E-state index is 12.2. The summed E-state index contributed by atoms with van der Waals surface area (Å²) < 4.78 is 5.19. The number of aromatic nitrogens is 2. The van der Waals surface area contributed by atoms with Crippen LogP contribution in [0.15, 0.2) is 29.1 Å². The second-order valence-corrected chi connectivity index (χ2v) is 5.16. The fourth-order valence-electron chi connectivity index (χ4n) is 2.44. The molecular formula is C16H20N2O2. The van der Waals surface area contributed by atoms with Crippen molar-refractivity contribution in [2.24, 2.45) is 0 Å². The Hall–Kier alpha value is -1.94. The Kier molecular flexibility index (Phi) is 4.35. The largest absolute Gasteiger partial charge is 0.380 e. The van der Waals surface area contributed by atoms with Crippen molar-refractivity contribution in [3.63, 3.8) is 0 Å². The van der Waals surface area contributed by atoms with Crippen LogP contribution < -0.4 is 5.56 Å². The molecule has 0 aliphatic heterocycles. The number of H-pyrrole nitrogens is 1. The highest BCUT2D eigenvalue weighted by Gasteiger charge is 2.14. The molecule has 0 radical (unpaired) electrons. The molecule has 0 amide bonds. The van der Waals surface area contributed by atoms with Gasteiger partial charge in [0.2, 0.25) is 0 Å². The van der Waals surface area contributed by atoms with Gasteiger partial charge in [-0.05, 0) is 18.4 Å². The number of aromatic amines is 1. The van der Waals surface area contributed by atoms with Crippen molar-refractivity contribution in [3.05, 3.63) is 51.4 Å². The van der Waals surface area contributed by atoms with Crippen LogP contribution in [0.5, 0.6) is 0 Å². The lowest BCUT2D eigenvalue weighted by Crippen LogP contribution is -2.18. The third-order valence-corrected chi connectivity index (χ3v) is 3.30. The summed E-state index contributed by atoms with van der Waals surface area (Å²) >= 11 is 0. The van der Waals surface area contributed by atoms with Gasteiger partial charge in [0.05, 0.1) is 6.61 Å². The molecule has 1 aromatic heterocycles. The molecule has 2 aromatic rings. The van der Waals surface area contributed by atoms with Gasteiger partial charge >= 0.3 is 0 Å². The SMILES string of the molecule is COCc1ccccc1-c1nc(C)c(C(C)C)c(=O)[nH]1. The van der Waals surface area contributed by atoms with E-state index in [0.717, 1.165) is 22.4 Å². The second kappa shape index (κ2) is 6.01. The maximum Gasteiger partial charge on any atom is 0.254 e. The van der Waals surface area contributed by atoms with Crippen molar-refractivity contribution in [1.82, 2.24) is 9.97 Å². The van der Waals surface area contributed by atoms with Crippen LogP contribution in [0.1, 0.15) is 36.6 Å². The number of hydrogen-bond donors (Lipinski definition) is 1. The van der Waals surface area contributed by atoms with Crippen molar-refractivity contribution in [1.29, 1.82) is 0 Å². The zero-order chi connectivity index (χ0) is 14.7. The number of nitrogens with zero attached hydrogens (tertiary/aromatic N) is 1. The van der Waals surface area contributed by atoms with E-state index in [1.165, 1.54) is 0 Å². The number of methoxy groups -OCH3 is 1. The highest BCUT2D eigenvalue weighted by molar-refractivity contribution is 5.60. The Balaban J connectivity index is 2.58. The average Bonchev–Trinajstić information content (AvgIpc) is 2.38. The van der Waals surface area contributed by atoms with Gasteiger partial charge in [-0.1, -0.05) is 38.1 Å². The van der Waals surface area contributed by atoms with Gasteiger partial charge in [0.1, 0.15) is 5.82 Å². The summed E-state index contributed by atoms with van der Waals surface area (Å²) in [6.45, 7) is 6.37. The molecule has 0 aliphatic rings. The molecule has 0 saturated heterocycles. The fourth-order valence-corrected chi connectivity index (χ4v) is 2.44. The third-order valence-electron chi connectivity index (χ3n) is 3.30. The summed E-state index contributed by atoms with van der Waals surface area (Å²) in [6, 6.07) is 7.80. The van der Waals surface area contributed by atoms with Crippen molar-refractivity contribution in [3.8, 4) is 11.4 Å². The lowest BCUT2D eigenvalue weighted by molar-refractivity contribution is 0.185. The highest BCUT2D eigenvalue weighted by atomic mass is 16.5. The first-order chi connectivity index (χ1) is 9.54. The van der Waals surface area contributed by atoms with Gasteiger partial charge in [-0.15, -0.1) is 0 Å². The number of ether oxygens (including phenoxy) is 1. The van der Waals surface area contributed by atoms with E-state index in [2.05, 4.69) is 9.97 Å². The Morgan fingerprint density at radius 2 is 2.00 bits per heavy atom. The van der Waals surface area contributed by atoms with Crippen LogP contribution in [0, 0.1) is 6.92 Å². The molecule has 1 N–H and O–H groups in total. The molecule has 0 fully saturated rings. The predicted molar refractivity (Wildman–Crippen MR) is 79.8 cm³/mol. The van der Waals surface area contributed by atoms with Crippen LogP contribution in [0.2, 0.25) is 0 Å². The van der Waals surface area contributed by atoms with Gasteiger partial charge in [-0.2, -0.15) is 0 Å². The summed E-state index contributed by atoms with van der Waals surface area (Å²) in [4.78, 5) is 19.7. The molecule has 0 bridgehead atoms. The first-order valence-corrected chi connectivity index (χ1v) is 6.72. The second-order valence-electron chi connectivity index (χ2n) is 5.16. The van der Waals surface area contributed by atoms with Crippen LogP contribution in [-0.4, -0.2) is 17.1 Å². The predicted octanol–water partition coefficient (Wildman–Crippen LogP) is 3.02. The van der Waals surface area contributed by atoms with Gasteiger partial charge in [-0.3, -0.25) is 4.79 Å². The van der Waals surface area contributed by atoms with Gasteiger partial charge in [0.15, 0.2) is 0 Å². The first-order valence-electron chi connectivity index (χ1n) is 6.72. The summed E-state index contributed by atoms with van der Waals surface area (Å²) in [6.07, 6.45) is 0. The number of hydrogen-bond acceptors (Lipinski definition) is 3. The van der Waals surface area contributed by atoms with E-state index in [-0.39, 0.29) is 11.5 Å². The maximum absolute atomic E-state index is 12.2. The number of nitrogens with one attached hydrogen (secondary N) is 1. The average molecular weight is 272 g/mol. The van der Waals surface area contributed by atoms with Crippen molar-refractivity contribution >= 4 is 0 Å².